The van der Waals surface area contributed by atoms with Gasteiger partial charge in [0, 0.05) is 71.9 Å². The third-order valence-electron chi connectivity index (χ3n) is 5.21. The first kappa shape index (κ1) is 22.4. The molecular formula is C21H32ClN5O. The Morgan fingerprint density at radius 2 is 1.82 bits per heavy atom. The molecule has 7 heteroatoms. The zero-order valence-electron chi connectivity index (χ0n) is 17.5. The third-order valence-corrected chi connectivity index (χ3v) is 5.45. The van der Waals surface area contributed by atoms with Gasteiger partial charge in [-0.05, 0) is 24.6 Å². The molecule has 1 aliphatic rings. The van der Waals surface area contributed by atoms with Crippen LogP contribution < -0.4 is 0 Å². The number of nitrogens with zero attached hydrogens (tertiary/aromatic N) is 5. The third kappa shape index (κ3) is 6.93. The molecule has 28 heavy (non-hydrogen) atoms. The number of amides is 1. The Balaban J connectivity index is 1.74. The molecule has 154 valence electrons. The maximum atomic E-state index is 11.4. The fourth-order valence-corrected chi connectivity index (χ4v) is 3.26. The predicted octanol–water partition coefficient (Wildman–Crippen LogP) is 2.76. The maximum Gasteiger partial charge on any atom is 0.224 e. The quantitative estimate of drug-likeness (QED) is 0.516. The lowest BCUT2D eigenvalue weighted by molar-refractivity contribution is -0.125. The zero-order valence-corrected chi connectivity index (χ0v) is 18.2. The summed E-state index contributed by atoms with van der Waals surface area (Å²) in [5.41, 5.74) is 1.27. The summed E-state index contributed by atoms with van der Waals surface area (Å²) in [4.78, 5) is 24.4. The highest BCUT2D eigenvalue weighted by molar-refractivity contribution is 6.30. The van der Waals surface area contributed by atoms with Crippen LogP contribution in [0.2, 0.25) is 5.02 Å². The summed E-state index contributed by atoms with van der Waals surface area (Å²) in [6.07, 6.45) is 0. The van der Waals surface area contributed by atoms with Crippen LogP contribution in [0.25, 0.3) is 0 Å². The van der Waals surface area contributed by atoms with Crippen LogP contribution in [0.4, 0.5) is 0 Å². The molecule has 1 fully saturated rings. The molecule has 0 N–H and O–H groups in total. The van der Waals surface area contributed by atoms with E-state index < -0.39 is 0 Å². The summed E-state index contributed by atoms with van der Waals surface area (Å²) in [6.45, 7) is 14.4. The Morgan fingerprint density at radius 3 is 2.43 bits per heavy atom. The number of likely N-dealkylation sites (N-methyl/N-ethyl adjacent to an activating group) is 1. The number of benzene rings is 1. The van der Waals surface area contributed by atoms with Crippen LogP contribution in [-0.2, 0) is 11.3 Å². The van der Waals surface area contributed by atoms with Crippen molar-refractivity contribution in [1.29, 1.82) is 0 Å². The topological polar surface area (TPSA) is 42.4 Å². The summed E-state index contributed by atoms with van der Waals surface area (Å²) in [5, 5.41) is 0.799. The lowest BCUT2D eigenvalue weighted by Gasteiger charge is -2.35. The van der Waals surface area contributed by atoms with Crippen molar-refractivity contribution >= 4 is 23.3 Å². The number of hydrogen-bond donors (Lipinski definition) is 0. The van der Waals surface area contributed by atoms with E-state index in [1.807, 2.05) is 32.2 Å². The van der Waals surface area contributed by atoms with E-state index >= 15 is 0 Å². The normalized spacial score (nSPS) is 16.1. The molecule has 0 aromatic heterocycles. The van der Waals surface area contributed by atoms with Gasteiger partial charge in [0.05, 0.1) is 0 Å². The van der Waals surface area contributed by atoms with Crippen LogP contribution in [0.1, 0.15) is 19.4 Å². The second-order valence-electron chi connectivity index (χ2n) is 7.32. The molecule has 1 heterocycles. The molecule has 0 saturated carbocycles. The first-order valence-corrected chi connectivity index (χ1v) is 10.0. The van der Waals surface area contributed by atoms with Gasteiger partial charge in [-0.1, -0.05) is 30.3 Å². The molecule has 1 aromatic rings. The number of hydrogen-bond acceptors (Lipinski definition) is 4. The summed E-state index contributed by atoms with van der Waals surface area (Å²) < 4.78 is 0. The first-order valence-electron chi connectivity index (χ1n) is 9.65. The molecule has 1 saturated heterocycles. The highest BCUT2D eigenvalue weighted by atomic mass is 35.5. The summed E-state index contributed by atoms with van der Waals surface area (Å²) in [5.74, 6) is 1.25. The van der Waals surface area contributed by atoms with E-state index in [-0.39, 0.29) is 5.91 Å². The average Bonchev–Trinajstić information content (AvgIpc) is 2.66. The van der Waals surface area contributed by atoms with Gasteiger partial charge in [-0.3, -0.25) is 14.6 Å². The van der Waals surface area contributed by atoms with Gasteiger partial charge in [0.2, 0.25) is 5.91 Å². The van der Waals surface area contributed by atoms with E-state index in [1.54, 1.807) is 7.05 Å². The predicted molar refractivity (Wildman–Crippen MR) is 116 cm³/mol. The number of piperazine rings is 1. The molecule has 0 aliphatic carbocycles. The minimum atomic E-state index is -0.0696. The zero-order chi connectivity index (χ0) is 20.7. The van der Waals surface area contributed by atoms with Crippen molar-refractivity contribution in [3.8, 4) is 0 Å². The number of rotatable bonds is 7. The van der Waals surface area contributed by atoms with Crippen molar-refractivity contribution < 1.29 is 4.79 Å². The first-order chi connectivity index (χ1) is 13.3. The van der Waals surface area contributed by atoms with Crippen LogP contribution in [0.5, 0.6) is 0 Å². The van der Waals surface area contributed by atoms with E-state index in [0.717, 1.165) is 56.7 Å². The molecule has 2 rings (SSSR count). The molecule has 0 spiro atoms. The average molecular weight is 406 g/mol. The maximum absolute atomic E-state index is 11.4. The van der Waals surface area contributed by atoms with E-state index in [4.69, 9.17) is 11.6 Å². The van der Waals surface area contributed by atoms with Gasteiger partial charge in [0.15, 0.2) is 0 Å². The van der Waals surface area contributed by atoms with Crippen molar-refractivity contribution in [2.45, 2.75) is 20.4 Å². The molecule has 1 aliphatic heterocycles. The summed E-state index contributed by atoms with van der Waals surface area (Å²) >= 11 is 6.08. The van der Waals surface area contributed by atoms with Gasteiger partial charge < -0.3 is 9.80 Å². The van der Waals surface area contributed by atoms with E-state index in [1.165, 1.54) is 17.4 Å². The Morgan fingerprint density at radius 1 is 1.18 bits per heavy atom. The van der Waals surface area contributed by atoms with E-state index in [0.29, 0.717) is 5.82 Å². The fraction of sp³-hybridized carbons (Fsp3) is 0.524. The molecule has 1 aromatic carbocycles. The molecule has 0 bridgehead atoms. The lowest BCUT2D eigenvalue weighted by atomic mass is 10.2. The molecule has 6 nitrogen and oxygen atoms in total. The van der Waals surface area contributed by atoms with E-state index in [2.05, 4.69) is 32.3 Å². The number of aliphatic imine (C=N–C) groups is 1. The van der Waals surface area contributed by atoms with Crippen LogP contribution in [0.3, 0.4) is 0 Å². The van der Waals surface area contributed by atoms with Crippen molar-refractivity contribution in [3.05, 3.63) is 47.3 Å². The monoisotopic (exact) mass is 405 g/mol. The Kier molecular flexibility index (Phi) is 8.48. The minimum absolute atomic E-state index is 0.0696. The molecule has 0 atom stereocenters. The van der Waals surface area contributed by atoms with Gasteiger partial charge in [-0.15, -0.1) is 0 Å². The van der Waals surface area contributed by atoms with Crippen molar-refractivity contribution in [1.82, 2.24) is 19.6 Å². The largest absolute Gasteiger partial charge is 0.362 e. The SMILES string of the molecule is C=C(/N=C(\C)N(C)CCN1CCN(Cc2cccc(Cl)c2)CC1)N(C)C(C)=O. The van der Waals surface area contributed by atoms with Gasteiger partial charge in [-0.25, -0.2) is 4.99 Å². The minimum Gasteiger partial charge on any atom is -0.362 e. The second kappa shape index (κ2) is 10.6. The molecule has 0 unspecified atom stereocenters. The van der Waals surface area contributed by atoms with Crippen molar-refractivity contribution in [2.24, 2.45) is 4.99 Å². The highest BCUT2D eigenvalue weighted by Crippen LogP contribution is 2.14. The van der Waals surface area contributed by atoms with E-state index in [9.17, 15) is 4.79 Å². The van der Waals surface area contributed by atoms with Crippen LogP contribution in [0, 0.1) is 0 Å². The van der Waals surface area contributed by atoms with Gasteiger partial charge >= 0.3 is 0 Å². The summed E-state index contributed by atoms with van der Waals surface area (Å²) in [7, 11) is 3.71. The van der Waals surface area contributed by atoms with Gasteiger partial charge in [-0.2, -0.15) is 0 Å². The van der Waals surface area contributed by atoms with Gasteiger partial charge in [0.25, 0.3) is 0 Å². The Labute approximate surface area is 174 Å². The standard InChI is InChI=1S/C21H32ClN5O/c1-17(23-18(2)25(5)19(3)28)24(4)9-10-26-11-13-27(14-12-26)16-20-7-6-8-21(22)15-20/h6-8,15H,2,9-14,16H2,1,3-5H3/b23-17+. The smallest absolute Gasteiger partial charge is 0.224 e. The highest BCUT2D eigenvalue weighted by Gasteiger charge is 2.17. The number of carbonyl (C=O) groups is 1. The van der Waals surface area contributed by atoms with Crippen LogP contribution in [-0.4, -0.2) is 84.7 Å². The Bertz CT molecular complexity index is 713. The molecule has 1 amide bonds. The number of carbonyl (C=O) groups excluding carboxylic acids is 1. The van der Waals surface area contributed by atoms with Crippen molar-refractivity contribution in [3.63, 3.8) is 0 Å². The number of halogens is 1. The summed E-state index contributed by atoms with van der Waals surface area (Å²) in [6, 6.07) is 8.10. The number of amidine groups is 1. The van der Waals surface area contributed by atoms with Gasteiger partial charge in [0.1, 0.15) is 11.7 Å². The second-order valence-corrected chi connectivity index (χ2v) is 7.76. The van der Waals surface area contributed by atoms with Crippen LogP contribution >= 0.6 is 11.6 Å². The van der Waals surface area contributed by atoms with Crippen molar-refractivity contribution in [2.75, 3.05) is 53.4 Å². The molecule has 0 radical (unpaired) electrons. The lowest BCUT2D eigenvalue weighted by Crippen LogP contribution is -2.48. The Hall–Kier alpha value is -1.89. The fourth-order valence-electron chi connectivity index (χ4n) is 3.05. The van der Waals surface area contributed by atoms with Crippen LogP contribution in [0.15, 0.2) is 41.7 Å². The molecular weight excluding hydrogens is 374 g/mol.